The van der Waals surface area contributed by atoms with Crippen molar-refractivity contribution in [2.24, 2.45) is 22.7 Å². The number of fused-ring (bicyclic) bond motifs is 3. The fraction of sp³-hybridized carbons (Fsp3) is 0.760. The van der Waals surface area contributed by atoms with Gasteiger partial charge in [0.15, 0.2) is 0 Å². The van der Waals surface area contributed by atoms with Gasteiger partial charge in [0.05, 0.1) is 6.10 Å². The van der Waals surface area contributed by atoms with Gasteiger partial charge in [-0.25, -0.2) is 9.59 Å². The number of esters is 2. The summed E-state index contributed by atoms with van der Waals surface area (Å²) in [6.45, 7) is 13.3. The predicted octanol–water partition coefficient (Wildman–Crippen LogP) is 4.75. The van der Waals surface area contributed by atoms with Crippen LogP contribution >= 0.6 is 0 Å². The minimum absolute atomic E-state index is 0.0830. The number of epoxide rings is 1. The van der Waals surface area contributed by atoms with Crippen molar-refractivity contribution in [1.82, 2.24) is 0 Å². The third-order valence-electron chi connectivity index (χ3n) is 9.32. The largest absolute Gasteiger partial charge is 0.458 e. The van der Waals surface area contributed by atoms with Crippen LogP contribution in [0.25, 0.3) is 0 Å². The fourth-order valence-corrected chi connectivity index (χ4v) is 6.69. The van der Waals surface area contributed by atoms with Crippen molar-refractivity contribution < 1.29 is 23.8 Å². The van der Waals surface area contributed by atoms with Gasteiger partial charge in [0, 0.05) is 17.1 Å². The van der Waals surface area contributed by atoms with Crippen molar-refractivity contribution in [1.29, 1.82) is 0 Å². The molecule has 0 aromatic rings. The molecular weight excluding hydrogens is 380 g/mol. The monoisotopic (exact) mass is 416 g/mol. The average Bonchev–Trinajstić information content (AvgIpc) is 3.23. The molecule has 2 heterocycles. The second kappa shape index (κ2) is 7.22. The van der Waals surface area contributed by atoms with Gasteiger partial charge >= 0.3 is 11.9 Å². The Kier molecular flexibility index (Phi) is 5.20. The molecule has 0 amide bonds. The van der Waals surface area contributed by atoms with Gasteiger partial charge < -0.3 is 14.2 Å². The number of hydrogen-bond acceptors (Lipinski definition) is 5. The second-order valence-corrected chi connectivity index (χ2v) is 10.5. The molecule has 2 saturated carbocycles. The van der Waals surface area contributed by atoms with Crippen LogP contribution in [0.15, 0.2) is 23.3 Å². The van der Waals surface area contributed by atoms with Crippen LogP contribution in [0.2, 0.25) is 0 Å². The molecule has 5 nitrogen and oxygen atoms in total. The van der Waals surface area contributed by atoms with E-state index in [1.807, 2.05) is 19.9 Å². The minimum atomic E-state index is -0.238. The molecule has 166 valence electrons. The quantitative estimate of drug-likeness (QED) is 0.368. The highest BCUT2D eigenvalue weighted by molar-refractivity contribution is 5.87. The van der Waals surface area contributed by atoms with Crippen LogP contribution in [0.3, 0.4) is 0 Å². The fourth-order valence-electron chi connectivity index (χ4n) is 6.69. The first kappa shape index (κ1) is 21.6. The topological polar surface area (TPSA) is 65.1 Å². The van der Waals surface area contributed by atoms with Crippen LogP contribution in [0.1, 0.15) is 73.6 Å². The lowest BCUT2D eigenvalue weighted by molar-refractivity contribution is -0.196. The van der Waals surface area contributed by atoms with Crippen LogP contribution in [0.5, 0.6) is 0 Å². The van der Waals surface area contributed by atoms with E-state index in [-0.39, 0.29) is 40.6 Å². The van der Waals surface area contributed by atoms with Gasteiger partial charge in [0.25, 0.3) is 0 Å². The normalized spacial score (nSPS) is 45.2. The van der Waals surface area contributed by atoms with E-state index in [0.717, 1.165) is 37.7 Å². The highest BCUT2D eigenvalue weighted by atomic mass is 16.6. The van der Waals surface area contributed by atoms with Gasteiger partial charge in [-0.1, -0.05) is 26.8 Å². The molecule has 0 aromatic carbocycles. The van der Waals surface area contributed by atoms with Gasteiger partial charge in [-0.05, 0) is 75.7 Å². The van der Waals surface area contributed by atoms with Crippen molar-refractivity contribution in [2.45, 2.75) is 91.5 Å². The maximum absolute atomic E-state index is 12.7. The zero-order chi connectivity index (χ0) is 21.9. The van der Waals surface area contributed by atoms with Crippen molar-refractivity contribution in [3.63, 3.8) is 0 Å². The van der Waals surface area contributed by atoms with Crippen molar-refractivity contribution >= 4 is 11.9 Å². The molecule has 1 saturated heterocycles. The first-order valence-electron chi connectivity index (χ1n) is 11.4. The highest BCUT2D eigenvalue weighted by Gasteiger charge is 2.75. The van der Waals surface area contributed by atoms with Crippen molar-refractivity contribution in [2.75, 3.05) is 6.61 Å². The van der Waals surface area contributed by atoms with Crippen LogP contribution in [0.4, 0.5) is 0 Å². The molecule has 7 atom stereocenters. The Morgan fingerprint density at radius 1 is 1.30 bits per heavy atom. The lowest BCUT2D eigenvalue weighted by Gasteiger charge is -2.61. The van der Waals surface area contributed by atoms with Crippen molar-refractivity contribution in [3.05, 3.63) is 23.3 Å². The summed E-state index contributed by atoms with van der Waals surface area (Å²) < 4.78 is 17.6. The summed E-state index contributed by atoms with van der Waals surface area (Å²) >= 11 is 0. The summed E-state index contributed by atoms with van der Waals surface area (Å²) in [7, 11) is 0. The lowest BCUT2D eigenvalue weighted by Crippen LogP contribution is -2.63. The van der Waals surface area contributed by atoms with Crippen LogP contribution < -0.4 is 0 Å². The Hall–Kier alpha value is -1.62. The van der Waals surface area contributed by atoms with E-state index in [0.29, 0.717) is 24.0 Å². The maximum Gasteiger partial charge on any atom is 0.333 e. The molecule has 5 heteroatoms. The van der Waals surface area contributed by atoms with E-state index in [4.69, 9.17) is 14.2 Å². The number of allylic oxidation sites excluding steroid dienone is 1. The minimum Gasteiger partial charge on any atom is -0.458 e. The summed E-state index contributed by atoms with van der Waals surface area (Å²) in [4.78, 5) is 24.2. The van der Waals surface area contributed by atoms with Gasteiger partial charge in [-0.15, -0.1) is 0 Å². The number of hydrogen-bond donors (Lipinski definition) is 0. The Morgan fingerprint density at radius 2 is 2.03 bits per heavy atom. The molecule has 30 heavy (non-hydrogen) atoms. The van der Waals surface area contributed by atoms with Gasteiger partial charge in [0.1, 0.15) is 18.3 Å². The van der Waals surface area contributed by atoms with Crippen molar-refractivity contribution in [3.8, 4) is 0 Å². The Labute approximate surface area is 180 Å². The van der Waals surface area contributed by atoms with E-state index < -0.39 is 0 Å². The number of carbonyl (C=O) groups is 2. The molecule has 0 bridgehead atoms. The highest BCUT2D eigenvalue weighted by Crippen LogP contribution is 2.70. The summed E-state index contributed by atoms with van der Waals surface area (Å²) in [6.07, 6.45) is 8.46. The number of carbonyl (C=O) groups excluding carboxylic acids is 2. The Morgan fingerprint density at radius 3 is 2.67 bits per heavy atom. The molecule has 3 fully saturated rings. The van der Waals surface area contributed by atoms with E-state index in [2.05, 4.69) is 27.7 Å². The molecule has 4 rings (SSSR count). The first-order chi connectivity index (χ1) is 14.1. The summed E-state index contributed by atoms with van der Waals surface area (Å²) in [5.74, 6) is 0.357. The number of rotatable bonds is 5. The smallest absolute Gasteiger partial charge is 0.333 e. The molecule has 2 aliphatic carbocycles. The Balaban J connectivity index is 1.63. The second-order valence-electron chi connectivity index (χ2n) is 10.5. The van der Waals surface area contributed by atoms with E-state index >= 15 is 0 Å². The maximum atomic E-state index is 12.7. The molecule has 4 aliphatic rings. The van der Waals surface area contributed by atoms with E-state index in [1.165, 1.54) is 0 Å². The SMILES string of the molecule is C/C=C(/C)C(=O)O[C@@H]1C[C@@H](C)[C@](C)(CCC2=CC(=O)OC2)[C@@H]2CC[C@H]3O[C@@]3(C)[C@]12C. The average molecular weight is 417 g/mol. The lowest BCUT2D eigenvalue weighted by atomic mass is 9.43. The van der Waals surface area contributed by atoms with Gasteiger partial charge in [-0.3, -0.25) is 0 Å². The summed E-state index contributed by atoms with van der Waals surface area (Å²) in [5, 5.41) is 0. The van der Waals surface area contributed by atoms with Gasteiger partial charge in [-0.2, -0.15) is 0 Å². The first-order valence-corrected chi connectivity index (χ1v) is 11.4. The molecule has 0 aromatic heterocycles. The van der Waals surface area contributed by atoms with E-state index in [9.17, 15) is 9.59 Å². The van der Waals surface area contributed by atoms with Gasteiger partial charge in [0.2, 0.25) is 0 Å². The summed E-state index contributed by atoms with van der Waals surface area (Å²) in [5.41, 5.74) is 1.37. The third kappa shape index (κ3) is 3.07. The third-order valence-corrected chi connectivity index (χ3v) is 9.32. The summed E-state index contributed by atoms with van der Waals surface area (Å²) in [6, 6.07) is 0. The van der Waals surface area contributed by atoms with Crippen LogP contribution in [-0.4, -0.2) is 36.4 Å². The predicted molar refractivity (Wildman–Crippen MR) is 114 cm³/mol. The zero-order valence-corrected chi connectivity index (χ0v) is 19.2. The zero-order valence-electron chi connectivity index (χ0n) is 19.2. The molecule has 0 N–H and O–H groups in total. The Bertz CT molecular complexity index is 812. The molecule has 0 spiro atoms. The molecule has 0 radical (unpaired) electrons. The van der Waals surface area contributed by atoms with Crippen LogP contribution in [0, 0.1) is 22.7 Å². The molecule has 0 unspecified atom stereocenters. The number of ether oxygens (including phenoxy) is 3. The number of cyclic esters (lactones) is 1. The van der Waals surface area contributed by atoms with E-state index in [1.54, 1.807) is 6.08 Å². The van der Waals surface area contributed by atoms with Crippen LogP contribution in [-0.2, 0) is 23.8 Å². The molecule has 2 aliphatic heterocycles. The molecular formula is C25H36O5. The standard InChI is InChI=1S/C25H36O5/c1-7-15(2)22(27)29-20-12-16(3)23(4,11-10-17-13-21(26)28-14-17)18-8-9-19-25(6,30-19)24(18,20)5/h7,13,16,18-20H,8-12,14H2,1-6H3/b15-7-/t16-,18+,19-,20-,23+,24+,25-/m1/s1.